The number of anilines is 1. The normalized spacial score (nSPS) is 19.8. The predicted molar refractivity (Wildman–Crippen MR) is 71.6 cm³/mol. The summed E-state index contributed by atoms with van der Waals surface area (Å²) in [6.45, 7) is 2.40. The molecule has 0 heterocycles. The minimum Gasteiger partial charge on any atom is -0.399 e. The first-order chi connectivity index (χ1) is 8.31. The van der Waals surface area contributed by atoms with Gasteiger partial charge >= 0.3 is 0 Å². The van der Waals surface area contributed by atoms with Gasteiger partial charge in [0.25, 0.3) is 0 Å². The number of nitrogens with two attached hydrogens (primary N) is 1. The van der Waals surface area contributed by atoms with E-state index in [1.54, 1.807) is 0 Å². The Kier molecular flexibility index (Phi) is 3.06. The highest BCUT2D eigenvalue weighted by Crippen LogP contribution is 2.35. The number of nitrogen functional groups attached to an aromatic ring is 1. The number of hydrogen-bond acceptors (Lipinski definition) is 2. The minimum atomic E-state index is 0.865. The summed E-state index contributed by atoms with van der Waals surface area (Å²) in [4.78, 5) is 2.67. The van der Waals surface area contributed by atoms with E-state index >= 15 is 0 Å². The van der Waals surface area contributed by atoms with E-state index in [1.807, 2.05) is 12.1 Å². The summed E-state index contributed by atoms with van der Waals surface area (Å²) in [6.07, 6.45) is 7.16. The fourth-order valence-electron chi connectivity index (χ4n) is 2.44. The third kappa shape index (κ3) is 3.22. The van der Waals surface area contributed by atoms with Crippen LogP contribution in [-0.4, -0.2) is 17.5 Å². The topological polar surface area (TPSA) is 29.3 Å². The Morgan fingerprint density at radius 3 is 2.35 bits per heavy atom. The summed E-state index contributed by atoms with van der Waals surface area (Å²) >= 11 is 0. The van der Waals surface area contributed by atoms with Crippen molar-refractivity contribution in [3.8, 4) is 0 Å². The number of rotatable bonds is 6. The van der Waals surface area contributed by atoms with Crippen molar-refractivity contribution < 1.29 is 0 Å². The standard InChI is InChI=1S/C15H22N2/c16-14-5-3-13(4-6-14)11-17(15-7-8-15)10-9-12-1-2-12/h3-6,12,15H,1-2,7-11,16H2. The van der Waals surface area contributed by atoms with Crippen molar-refractivity contribution in [3.63, 3.8) is 0 Å². The number of benzene rings is 1. The zero-order valence-corrected chi connectivity index (χ0v) is 10.4. The van der Waals surface area contributed by atoms with Crippen molar-refractivity contribution in [1.29, 1.82) is 0 Å². The van der Waals surface area contributed by atoms with Crippen LogP contribution in [0.4, 0.5) is 5.69 Å². The van der Waals surface area contributed by atoms with Gasteiger partial charge in [-0.15, -0.1) is 0 Å². The lowest BCUT2D eigenvalue weighted by Gasteiger charge is -2.22. The molecule has 0 spiro atoms. The summed E-state index contributed by atoms with van der Waals surface area (Å²) < 4.78 is 0. The molecule has 0 atom stereocenters. The molecule has 2 N–H and O–H groups in total. The predicted octanol–water partition coefficient (Wildman–Crippen LogP) is 3.03. The van der Waals surface area contributed by atoms with E-state index in [0.717, 1.165) is 24.2 Å². The smallest absolute Gasteiger partial charge is 0.0314 e. The van der Waals surface area contributed by atoms with Crippen molar-refractivity contribution in [3.05, 3.63) is 29.8 Å². The Labute approximate surface area is 104 Å². The monoisotopic (exact) mass is 230 g/mol. The molecule has 1 aromatic rings. The minimum absolute atomic E-state index is 0.865. The summed E-state index contributed by atoms with van der Waals surface area (Å²) in [6, 6.07) is 9.23. The molecule has 0 unspecified atom stereocenters. The Bertz CT molecular complexity index is 363. The van der Waals surface area contributed by atoms with Crippen molar-refractivity contribution in [2.45, 2.75) is 44.7 Å². The molecule has 2 aliphatic carbocycles. The zero-order valence-electron chi connectivity index (χ0n) is 10.4. The summed E-state index contributed by atoms with van der Waals surface area (Å²) in [5.74, 6) is 1.04. The van der Waals surface area contributed by atoms with Crippen LogP contribution in [0, 0.1) is 5.92 Å². The van der Waals surface area contributed by atoms with Crippen LogP contribution in [0.3, 0.4) is 0 Å². The molecule has 2 saturated carbocycles. The molecule has 1 aromatic carbocycles. The molecule has 0 bridgehead atoms. The summed E-state index contributed by atoms with van der Waals surface area (Å²) in [5, 5.41) is 0. The second kappa shape index (κ2) is 4.69. The quantitative estimate of drug-likeness (QED) is 0.761. The Morgan fingerprint density at radius 2 is 1.76 bits per heavy atom. The first-order valence-corrected chi connectivity index (χ1v) is 6.90. The highest BCUT2D eigenvalue weighted by atomic mass is 15.2. The largest absolute Gasteiger partial charge is 0.399 e. The fraction of sp³-hybridized carbons (Fsp3) is 0.600. The van der Waals surface area contributed by atoms with E-state index in [4.69, 9.17) is 5.73 Å². The fourth-order valence-corrected chi connectivity index (χ4v) is 2.44. The van der Waals surface area contributed by atoms with Gasteiger partial charge in [0.15, 0.2) is 0 Å². The Hall–Kier alpha value is -1.02. The van der Waals surface area contributed by atoms with Crippen LogP contribution in [0.5, 0.6) is 0 Å². The van der Waals surface area contributed by atoms with Gasteiger partial charge in [0, 0.05) is 18.3 Å². The molecule has 2 heteroatoms. The number of hydrogen-bond donors (Lipinski definition) is 1. The maximum atomic E-state index is 5.72. The molecule has 2 aliphatic rings. The lowest BCUT2D eigenvalue weighted by molar-refractivity contribution is 0.246. The summed E-state index contributed by atoms with van der Waals surface area (Å²) in [7, 11) is 0. The molecular weight excluding hydrogens is 208 g/mol. The first-order valence-electron chi connectivity index (χ1n) is 6.90. The average Bonchev–Trinajstić information content (AvgIpc) is 3.18. The van der Waals surface area contributed by atoms with Crippen LogP contribution < -0.4 is 5.73 Å². The van der Waals surface area contributed by atoms with Crippen LogP contribution in [-0.2, 0) is 6.54 Å². The Balaban J connectivity index is 1.56. The molecule has 0 saturated heterocycles. The van der Waals surface area contributed by atoms with Crippen LogP contribution >= 0.6 is 0 Å². The molecule has 0 aromatic heterocycles. The molecule has 17 heavy (non-hydrogen) atoms. The molecular formula is C15H22N2. The molecule has 2 nitrogen and oxygen atoms in total. The highest BCUT2D eigenvalue weighted by molar-refractivity contribution is 5.39. The van der Waals surface area contributed by atoms with Gasteiger partial charge in [0.05, 0.1) is 0 Å². The van der Waals surface area contributed by atoms with Crippen molar-refractivity contribution >= 4 is 5.69 Å². The lowest BCUT2D eigenvalue weighted by Crippen LogP contribution is -2.27. The van der Waals surface area contributed by atoms with Gasteiger partial charge in [-0.05, 0) is 49.4 Å². The van der Waals surface area contributed by atoms with Crippen molar-refractivity contribution in [2.24, 2.45) is 5.92 Å². The average molecular weight is 230 g/mol. The lowest BCUT2D eigenvalue weighted by atomic mass is 10.2. The third-order valence-electron chi connectivity index (χ3n) is 3.95. The molecule has 0 radical (unpaired) electrons. The van der Waals surface area contributed by atoms with Gasteiger partial charge in [-0.2, -0.15) is 0 Å². The van der Waals surface area contributed by atoms with Crippen LogP contribution in [0.15, 0.2) is 24.3 Å². The second-order valence-electron chi connectivity index (χ2n) is 5.68. The first kappa shape index (κ1) is 11.1. The molecule has 0 aliphatic heterocycles. The molecule has 0 amide bonds. The Morgan fingerprint density at radius 1 is 1.06 bits per heavy atom. The number of nitrogens with zero attached hydrogens (tertiary/aromatic N) is 1. The van der Waals surface area contributed by atoms with Gasteiger partial charge in [0.2, 0.25) is 0 Å². The van der Waals surface area contributed by atoms with Crippen LogP contribution in [0.2, 0.25) is 0 Å². The van der Waals surface area contributed by atoms with Gasteiger partial charge in [-0.1, -0.05) is 25.0 Å². The maximum Gasteiger partial charge on any atom is 0.0314 e. The van der Waals surface area contributed by atoms with Crippen molar-refractivity contribution in [2.75, 3.05) is 12.3 Å². The van der Waals surface area contributed by atoms with E-state index in [9.17, 15) is 0 Å². The molecule has 92 valence electrons. The SMILES string of the molecule is Nc1ccc(CN(CCC2CC2)C2CC2)cc1. The molecule has 2 fully saturated rings. The van der Waals surface area contributed by atoms with E-state index in [0.29, 0.717) is 0 Å². The van der Waals surface area contributed by atoms with Gasteiger partial charge in [-0.25, -0.2) is 0 Å². The molecule has 3 rings (SSSR count). The van der Waals surface area contributed by atoms with Gasteiger partial charge < -0.3 is 5.73 Å². The second-order valence-corrected chi connectivity index (χ2v) is 5.68. The van der Waals surface area contributed by atoms with Crippen LogP contribution in [0.1, 0.15) is 37.7 Å². The highest BCUT2D eigenvalue weighted by Gasteiger charge is 2.30. The van der Waals surface area contributed by atoms with Crippen molar-refractivity contribution in [1.82, 2.24) is 4.90 Å². The maximum absolute atomic E-state index is 5.72. The van der Waals surface area contributed by atoms with Crippen LogP contribution in [0.25, 0.3) is 0 Å². The van der Waals surface area contributed by atoms with E-state index in [2.05, 4.69) is 17.0 Å². The third-order valence-corrected chi connectivity index (χ3v) is 3.95. The van der Waals surface area contributed by atoms with E-state index in [1.165, 1.54) is 44.2 Å². The van der Waals surface area contributed by atoms with Gasteiger partial charge in [0.1, 0.15) is 0 Å². The zero-order chi connectivity index (χ0) is 11.7. The van der Waals surface area contributed by atoms with E-state index in [-0.39, 0.29) is 0 Å². The summed E-state index contributed by atoms with van der Waals surface area (Å²) in [5.41, 5.74) is 7.99. The van der Waals surface area contributed by atoms with Gasteiger partial charge in [-0.3, -0.25) is 4.90 Å². The van der Waals surface area contributed by atoms with E-state index < -0.39 is 0 Å².